The molecule has 1 fully saturated rings. The fourth-order valence-corrected chi connectivity index (χ4v) is 4.92. The molecule has 2 atom stereocenters. The van der Waals surface area contributed by atoms with Crippen LogP contribution in [0.15, 0.2) is 52.4 Å². The molecule has 1 aliphatic rings. The Balaban J connectivity index is 1.61. The Morgan fingerprint density at radius 2 is 2.03 bits per heavy atom. The average Bonchev–Trinajstić information content (AvgIpc) is 3.23. The van der Waals surface area contributed by atoms with Crippen LogP contribution in [-0.2, 0) is 16.1 Å². The third-order valence-electron chi connectivity index (χ3n) is 5.02. The van der Waals surface area contributed by atoms with Crippen molar-refractivity contribution >= 4 is 57.5 Å². The number of ether oxygens (including phenoxy) is 1. The fourth-order valence-electron chi connectivity index (χ4n) is 3.47. The quantitative estimate of drug-likeness (QED) is 0.399. The van der Waals surface area contributed by atoms with Gasteiger partial charge in [-0.1, -0.05) is 47.1 Å². The largest absolute Gasteiger partial charge is 0.376 e. The summed E-state index contributed by atoms with van der Waals surface area (Å²) >= 11 is 13.3. The summed E-state index contributed by atoms with van der Waals surface area (Å²) in [6.07, 6.45) is 1.84. The van der Waals surface area contributed by atoms with Gasteiger partial charge in [0.2, 0.25) is 5.91 Å². The number of hydrogen-bond acceptors (Lipinski definition) is 5. The highest BCUT2D eigenvalue weighted by Gasteiger charge is 2.23. The first-order valence-electron chi connectivity index (χ1n) is 9.95. The number of fused-ring (bicyclic) bond motifs is 1. The van der Waals surface area contributed by atoms with Crippen LogP contribution in [0.25, 0.3) is 10.9 Å². The second kappa shape index (κ2) is 9.61. The number of hydrogen-bond donors (Lipinski definition) is 1. The zero-order valence-electron chi connectivity index (χ0n) is 16.8. The maximum atomic E-state index is 13.2. The maximum Gasteiger partial charge on any atom is 0.262 e. The second-order valence-electron chi connectivity index (χ2n) is 7.37. The van der Waals surface area contributed by atoms with Crippen molar-refractivity contribution in [3.05, 3.63) is 62.9 Å². The van der Waals surface area contributed by atoms with Crippen LogP contribution in [0.1, 0.15) is 19.8 Å². The van der Waals surface area contributed by atoms with Gasteiger partial charge in [-0.2, -0.15) is 0 Å². The molecule has 4 rings (SSSR count). The predicted molar refractivity (Wildman–Crippen MR) is 125 cm³/mol. The van der Waals surface area contributed by atoms with Gasteiger partial charge in [0.25, 0.3) is 5.56 Å². The van der Waals surface area contributed by atoms with Crippen molar-refractivity contribution in [2.24, 2.45) is 0 Å². The number of halogens is 2. The summed E-state index contributed by atoms with van der Waals surface area (Å²) in [7, 11) is 0. The molecule has 1 saturated heterocycles. The molecule has 1 amide bonds. The number of thioether (sulfide) groups is 1. The highest BCUT2D eigenvalue weighted by atomic mass is 35.5. The molecule has 0 saturated carbocycles. The lowest BCUT2D eigenvalue weighted by Crippen LogP contribution is -2.30. The van der Waals surface area contributed by atoms with Gasteiger partial charge >= 0.3 is 0 Å². The van der Waals surface area contributed by atoms with Crippen molar-refractivity contribution in [3.8, 4) is 0 Å². The standard InChI is InChI=1S/C22H21Cl2N3O3S/c1-13(20(28)25-16-10-14(23)9-15(24)11-16)31-22-26-19-7-3-2-6-18(19)21(29)27(22)12-17-5-4-8-30-17/h2-3,6-7,9-11,13,17H,4-5,8,12H2,1H3,(H,25,28). The van der Waals surface area contributed by atoms with Crippen LogP contribution >= 0.6 is 35.0 Å². The lowest BCUT2D eigenvalue weighted by atomic mass is 10.2. The monoisotopic (exact) mass is 477 g/mol. The minimum absolute atomic E-state index is 0.0299. The lowest BCUT2D eigenvalue weighted by Gasteiger charge is -2.18. The maximum absolute atomic E-state index is 13.2. The van der Waals surface area contributed by atoms with E-state index in [2.05, 4.69) is 10.3 Å². The molecule has 0 bridgehead atoms. The van der Waals surface area contributed by atoms with Crippen LogP contribution in [0.4, 0.5) is 5.69 Å². The van der Waals surface area contributed by atoms with Crippen LogP contribution in [0.3, 0.4) is 0 Å². The third-order valence-corrected chi connectivity index (χ3v) is 6.54. The molecular weight excluding hydrogens is 457 g/mol. The van der Waals surface area contributed by atoms with Gasteiger partial charge in [-0.05, 0) is 50.1 Å². The molecule has 1 aliphatic heterocycles. The number of aromatic nitrogens is 2. The average molecular weight is 478 g/mol. The van der Waals surface area contributed by atoms with Crippen molar-refractivity contribution in [1.29, 1.82) is 0 Å². The molecule has 6 nitrogen and oxygen atoms in total. The zero-order chi connectivity index (χ0) is 22.0. The van der Waals surface area contributed by atoms with E-state index in [0.717, 1.165) is 12.8 Å². The van der Waals surface area contributed by atoms with Crippen molar-refractivity contribution in [1.82, 2.24) is 9.55 Å². The number of nitrogens with zero attached hydrogens (tertiary/aromatic N) is 2. The van der Waals surface area contributed by atoms with Crippen molar-refractivity contribution in [3.63, 3.8) is 0 Å². The Bertz CT molecular complexity index is 1160. The number of para-hydroxylation sites is 1. The first-order valence-corrected chi connectivity index (χ1v) is 11.6. The van der Waals surface area contributed by atoms with E-state index in [1.54, 1.807) is 41.8 Å². The molecule has 162 valence electrons. The van der Waals surface area contributed by atoms with Gasteiger partial charge in [0.05, 0.1) is 28.8 Å². The highest BCUT2D eigenvalue weighted by Crippen LogP contribution is 2.27. The number of nitrogens with one attached hydrogen (secondary N) is 1. The molecular formula is C22H21Cl2N3O3S. The van der Waals surface area contributed by atoms with Gasteiger partial charge in [0.1, 0.15) is 0 Å². The molecule has 2 unspecified atom stereocenters. The van der Waals surface area contributed by atoms with Crippen molar-refractivity contribution in [2.45, 2.75) is 42.8 Å². The van der Waals surface area contributed by atoms with Gasteiger partial charge in [0, 0.05) is 22.3 Å². The predicted octanol–water partition coefficient (Wildman–Crippen LogP) is 5.00. The Hall–Kier alpha value is -2.06. The highest BCUT2D eigenvalue weighted by molar-refractivity contribution is 8.00. The lowest BCUT2D eigenvalue weighted by molar-refractivity contribution is -0.115. The molecule has 1 aromatic heterocycles. The van der Waals surface area contributed by atoms with E-state index in [0.29, 0.717) is 44.9 Å². The molecule has 0 radical (unpaired) electrons. The summed E-state index contributed by atoms with van der Waals surface area (Å²) < 4.78 is 7.36. The second-order valence-corrected chi connectivity index (χ2v) is 9.55. The summed E-state index contributed by atoms with van der Waals surface area (Å²) in [5, 5.41) is 4.22. The van der Waals surface area contributed by atoms with E-state index in [-0.39, 0.29) is 17.6 Å². The topological polar surface area (TPSA) is 73.2 Å². The fraction of sp³-hybridized carbons (Fsp3) is 0.318. The zero-order valence-corrected chi connectivity index (χ0v) is 19.1. The SMILES string of the molecule is CC(Sc1nc2ccccc2c(=O)n1CC1CCCO1)C(=O)Nc1cc(Cl)cc(Cl)c1. The number of carbonyl (C=O) groups is 1. The molecule has 0 aliphatic carbocycles. The molecule has 2 heterocycles. The van der Waals surface area contributed by atoms with Crippen LogP contribution in [0.2, 0.25) is 10.0 Å². The smallest absolute Gasteiger partial charge is 0.262 e. The van der Waals surface area contributed by atoms with Crippen molar-refractivity contribution < 1.29 is 9.53 Å². The summed E-state index contributed by atoms with van der Waals surface area (Å²) in [4.78, 5) is 30.6. The number of amides is 1. The normalized spacial score (nSPS) is 17.1. The summed E-state index contributed by atoms with van der Waals surface area (Å²) in [5.41, 5.74) is 0.990. The first kappa shape index (κ1) is 22.1. The Morgan fingerprint density at radius 1 is 1.29 bits per heavy atom. The van der Waals surface area contributed by atoms with Gasteiger partial charge in [-0.3, -0.25) is 14.2 Å². The molecule has 0 spiro atoms. The van der Waals surface area contributed by atoms with Gasteiger partial charge in [0.15, 0.2) is 5.16 Å². The summed E-state index contributed by atoms with van der Waals surface area (Å²) in [5.74, 6) is -0.241. The van der Waals surface area contributed by atoms with E-state index in [4.69, 9.17) is 27.9 Å². The van der Waals surface area contributed by atoms with Crippen LogP contribution in [0.5, 0.6) is 0 Å². The number of benzene rings is 2. The number of rotatable bonds is 6. The van der Waals surface area contributed by atoms with Crippen LogP contribution < -0.4 is 10.9 Å². The number of anilines is 1. The Kier molecular flexibility index (Phi) is 6.86. The van der Waals surface area contributed by atoms with Crippen LogP contribution in [0, 0.1) is 0 Å². The molecule has 31 heavy (non-hydrogen) atoms. The minimum atomic E-state index is -0.512. The molecule has 3 aromatic rings. The van der Waals surface area contributed by atoms with E-state index < -0.39 is 5.25 Å². The van der Waals surface area contributed by atoms with Gasteiger partial charge in [-0.25, -0.2) is 4.98 Å². The van der Waals surface area contributed by atoms with E-state index in [1.165, 1.54) is 11.8 Å². The van der Waals surface area contributed by atoms with Crippen LogP contribution in [-0.4, -0.2) is 33.4 Å². The van der Waals surface area contributed by atoms with Gasteiger partial charge in [-0.15, -0.1) is 0 Å². The molecule has 9 heteroatoms. The summed E-state index contributed by atoms with van der Waals surface area (Å²) in [6.45, 7) is 2.88. The molecule has 1 N–H and O–H groups in total. The third kappa shape index (κ3) is 5.23. The Morgan fingerprint density at radius 3 is 2.74 bits per heavy atom. The Labute approximate surface area is 193 Å². The van der Waals surface area contributed by atoms with Crippen molar-refractivity contribution in [2.75, 3.05) is 11.9 Å². The molecule has 2 aromatic carbocycles. The van der Waals surface area contributed by atoms with E-state index >= 15 is 0 Å². The first-order chi connectivity index (χ1) is 14.9. The number of carbonyl (C=O) groups excluding carboxylic acids is 1. The van der Waals surface area contributed by atoms with Gasteiger partial charge < -0.3 is 10.1 Å². The van der Waals surface area contributed by atoms with E-state index in [9.17, 15) is 9.59 Å². The summed E-state index contributed by atoms with van der Waals surface area (Å²) in [6, 6.07) is 12.1. The van der Waals surface area contributed by atoms with E-state index in [1.807, 2.05) is 12.1 Å². The minimum Gasteiger partial charge on any atom is -0.376 e.